The lowest BCUT2D eigenvalue weighted by molar-refractivity contribution is -0.137. The van der Waals surface area contributed by atoms with Crippen LogP contribution in [0.15, 0.2) is 48.5 Å². The van der Waals surface area contributed by atoms with Crippen molar-refractivity contribution in [1.29, 1.82) is 0 Å². The van der Waals surface area contributed by atoms with Gasteiger partial charge in [-0.3, -0.25) is 4.79 Å². The topological polar surface area (TPSA) is 66.5 Å². The molecule has 0 aliphatic carbocycles. The number of amides is 1. The van der Waals surface area contributed by atoms with Gasteiger partial charge >= 0.3 is 6.18 Å². The molecule has 1 aromatic heterocycles. The lowest BCUT2D eigenvalue weighted by atomic mass is 10.1. The van der Waals surface area contributed by atoms with Gasteiger partial charge in [0.15, 0.2) is 11.5 Å². The number of rotatable bonds is 6. The fourth-order valence-electron chi connectivity index (χ4n) is 3.42. The highest BCUT2D eigenvalue weighted by atomic mass is 19.4. The highest BCUT2D eigenvalue weighted by Gasteiger charge is 2.30. The maximum atomic E-state index is 12.9. The molecule has 30 heavy (non-hydrogen) atoms. The molecule has 3 aromatic rings. The van der Waals surface area contributed by atoms with E-state index in [1.165, 1.54) is 26.4 Å². The average Bonchev–Trinajstić information content (AvgIpc) is 3.03. The monoisotopic (exact) mass is 418 g/mol. The predicted molar refractivity (Wildman–Crippen MR) is 107 cm³/mol. The standard InChI is InChI=1S/C22H21F3N2O3/c1-13-17(21(26)28)11-18(14-7-9-16(10-8-14)22(23,24)25)27(13)12-15-5-4-6-19(29-2)20(15)30-3/h4-11H,12H2,1-3H3,(H2,26,28). The summed E-state index contributed by atoms with van der Waals surface area (Å²) in [6.07, 6.45) is -4.43. The second-order valence-corrected chi connectivity index (χ2v) is 6.71. The number of hydrogen-bond acceptors (Lipinski definition) is 3. The molecular formula is C22H21F3N2O3. The molecular weight excluding hydrogens is 397 g/mol. The van der Waals surface area contributed by atoms with E-state index in [0.717, 1.165) is 17.7 Å². The maximum Gasteiger partial charge on any atom is 0.416 e. The van der Waals surface area contributed by atoms with Crippen LogP contribution in [0.5, 0.6) is 11.5 Å². The van der Waals surface area contributed by atoms with Gasteiger partial charge in [0.2, 0.25) is 0 Å². The summed E-state index contributed by atoms with van der Waals surface area (Å²) in [5, 5.41) is 0. The summed E-state index contributed by atoms with van der Waals surface area (Å²) in [6, 6.07) is 11.8. The molecule has 0 atom stereocenters. The number of halogens is 3. The fraction of sp³-hybridized carbons (Fsp3) is 0.227. The van der Waals surface area contributed by atoms with Crippen molar-refractivity contribution in [3.63, 3.8) is 0 Å². The van der Waals surface area contributed by atoms with Crippen LogP contribution in [0.1, 0.15) is 27.2 Å². The van der Waals surface area contributed by atoms with Gasteiger partial charge in [-0.2, -0.15) is 13.2 Å². The van der Waals surface area contributed by atoms with E-state index in [1.54, 1.807) is 19.1 Å². The number of carbonyl (C=O) groups excluding carboxylic acids is 1. The second kappa shape index (κ2) is 8.14. The van der Waals surface area contributed by atoms with Crippen molar-refractivity contribution in [2.75, 3.05) is 14.2 Å². The van der Waals surface area contributed by atoms with Gasteiger partial charge in [-0.1, -0.05) is 24.3 Å². The zero-order valence-corrected chi connectivity index (χ0v) is 16.7. The van der Waals surface area contributed by atoms with Crippen LogP contribution < -0.4 is 15.2 Å². The Kier molecular flexibility index (Phi) is 5.78. The van der Waals surface area contributed by atoms with E-state index in [9.17, 15) is 18.0 Å². The summed E-state index contributed by atoms with van der Waals surface area (Å²) in [7, 11) is 3.05. The molecule has 0 aliphatic rings. The van der Waals surface area contributed by atoms with Crippen molar-refractivity contribution < 1.29 is 27.4 Å². The summed E-state index contributed by atoms with van der Waals surface area (Å²) in [4.78, 5) is 11.9. The first-order chi connectivity index (χ1) is 14.2. The summed E-state index contributed by atoms with van der Waals surface area (Å²) >= 11 is 0. The van der Waals surface area contributed by atoms with Crippen LogP contribution in [-0.4, -0.2) is 24.7 Å². The van der Waals surface area contributed by atoms with E-state index in [1.807, 2.05) is 16.7 Å². The molecule has 0 fully saturated rings. The molecule has 8 heteroatoms. The highest BCUT2D eigenvalue weighted by molar-refractivity contribution is 5.95. The van der Waals surface area contributed by atoms with Gasteiger partial charge in [-0.05, 0) is 36.8 Å². The zero-order valence-electron chi connectivity index (χ0n) is 16.7. The van der Waals surface area contributed by atoms with Gasteiger partial charge in [-0.25, -0.2) is 0 Å². The van der Waals surface area contributed by atoms with Crippen molar-refractivity contribution >= 4 is 5.91 Å². The smallest absolute Gasteiger partial charge is 0.416 e. The van der Waals surface area contributed by atoms with Crippen LogP contribution in [0.25, 0.3) is 11.3 Å². The largest absolute Gasteiger partial charge is 0.493 e. The van der Waals surface area contributed by atoms with Gasteiger partial charge in [0.25, 0.3) is 5.91 Å². The Morgan fingerprint density at radius 1 is 1.07 bits per heavy atom. The lowest BCUT2D eigenvalue weighted by Crippen LogP contribution is -2.13. The van der Waals surface area contributed by atoms with Crippen molar-refractivity contribution in [1.82, 2.24) is 4.57 Å². The van der Waals surface area contributed by atoms with Crippen molar-refractivity contribution in [2.45, 2.75) is 19.6 Å². The molecule has 1 heterocycles. The number of alkyl halides is 3. The molecule has 0 radical (unpaired) electrons. The van der Waals surface area contributed by atoms with Gasteiger partial charge in [-0.15, -0.1) is 0 Å². The van der Waals surface area contributed by atoms with Crippen molar-refractivity contribution in [3.05, 3.63) is 70.9 Å². The Balaban J connectivity index is 2.13. The maximum absolute atomic E-state index is 12.9. The molecule has 2 N–H and O–H groups in total. The van der Waals surface area contributed by atoms with E-state index in [-0.39, 0.29) is 0 Å². The van der Waals surface area contributed by atoms with Crippen molar-refractivity contribution in [3.8, 4) is 22.8 Å². The van der Waals surface area contributed by atoms with Crippen LogP contribution in [0, 0.1) is 6.92 Å². The van der Waals surface area contributed by atoms with Crippen LogP contribution in [0.4, 0.5) is 13.2 Å². The lowest BCUT2D eigenvalue weighted by Gasteiger charge is -2.17. The molecule has 3 rings (SSSR count). The Morgan fingerprint density at radius 2 is 1.73 bits per heavy atom. The van der Waals surface area contributed by atoms with Gasteiger partial charge in [0, 0.05) is 17.0 Å². The predicted octanol–water partition coefficient (Wildman–Crippen LogP) is 4.65. The summed E-state index contributed by atoms with van der Waals surface area (Å²) < 4.78 is 51.4. The molecule has 158 valence electrons. The molecule has 0 spiro atoms. The number of nitrogens with two attached hydrogens (primary N) is 1. The molecule has 0 saturated heterocycles. The van der Waals surface area contributed by atoms with Crippen molar-refractivity contribution in [2.24, 2.45) is 5.73 Å². The molecule has 0 saturated carbocycles. The third-order valence-corrected chi connectivity index (χ3v) is 4.95. The molecule has 0 bridgehead atoms. The number of carbonyl (C=O) groups is 1. The Labute approximate surface area is 171 Å². The van der Waals surface area contributed by atoms with Crippen LogP contribution >= 0.6 is 0 Å². The number of ether oxygens (including phenoxy) is 2. The number of hydrogen-bond donors (Lipinski definition) is 1. The fourth-order valence-corrected chi connectivity index (χ4v) is 3.42. The van der Waals surface area contributed by atoms with Crippen LogP contribution in [0.3, 0.4) is 0 Å². The third kappa shape index (κ3) is 3.98. The molecule has 2 aromatic carbocycles. The quantitative estimate of drug-likeness (QED) is 0.634. The number of aromatic nitrogens is 1. The Morgan fingerprint density at radius 3 is 2.27 bits per heavy atom. The number of benzene rings is 2. The average molecular weight is 418 g/mol. The second-order valence-electron chi connectivity index (χ2n) is 6.71. The van der Waals surface area contributed by atoms with Gasteiger partial charge < -0.3 is 19.8 Å². The van der Waals surface area contributed by atoms with E-state index in [0.29, 0.717) is 40.6 Å². The number of nitrogens with zero attached hydrogens (tertiary/aromatic N) is 1. The summed E-state index contributed by atoms with van der Waals surface area (Å²) in [5.41, 5.74) is 7.53. The Bertz CT molecular complexity index is 1070. The Hall–Kier alpha value is -3.42. The molecule has 0 unspecified atom stereocenters. The first kappa shape index (κ1) is 21.3. The SMILES string of the molecule is COc1cccc(Cn2c(-c3ccc(C(F)(F)F)cc3)cc(C(N)=O)c2C)c1OC. The number of para-hydroxylation sites is 1. The minimum Gasteiger partial charge on any atom is -0.493 e. The molecule has 5 nitrogen and oxygen atoms in total. The van der Waals surface area contributed by atoms with E-state index in [4.69, 9.17) is 15.2 Å². The van der Waals surface area contributed by atoms with E-state index < -0.39 is 17.6 Å². The normalized spacial score (nSPS) is 11.4. The van der Waals surface area contributed by atoms with Gasteiger partial charge in [0.1, 0.15) is 0 Å². The van der Waals surface area contributed by atoms with E-state index >= 15 is 0 Å². The summed E-state index contributed by atoms with van der Waals surface area (Å²) in [5.74, 6) is 0.468. The van der Waals surface area contributed by atoms with Crippen LogP contribution in [-0.2, 0) is 12.7 Å². The van der Waals surface area contributed by atoms with E-state index in [2.05, 4.69) is 0 Å². The van der Waals surface area contributed by atoms with Crippen LogP contribution in [0.2, 0.25) is 0 Å². The minimum atomic E-state index is -4.43. The minimum absolute atomic E-state index is 0.298. The molecule has 0 aliphatic heterocycles. The first-order valence-corrected chi connectivity index (χ1v) is 9.04. The molecule has 1 amide bonds. The summed E-state index contributed by atoms with van der Waals surface area (Å²) in [6.45, 7) is 2.04. The first-order valence-electron chi connectivity index (χ1n) is 9.04. The van der Waals surface area contributed by atoms with Gasteiger partial charge in [0.05, 0.1) is 31.9 Å². The number of primary amides is 1. The highest BCUT2D eigenvalue weighted by Crippen LogP contribution is 2.35. The zero-order chi connectivity index (χ0) is 22.1. The third-order valence-electron chi connectivity index (χ3n) is 4.95. The number of methoxy groups -OCH3 is 2.